The maximum Gasteiger partial charge on any atom is 0.243 e. The molecule has 0 spiro atoms. The Morgan fingerprint density at radius 2 is 1.64 bits per heavy atom. The van der Waals surface area contributed by atoms with E-state index >= 15 is 0 Å². The number of carbonyl (C=O) groups is 1. The van der Waals surface area contributed by atoms with Gasteiger partial charge in [0.2, 0.25) is 15.9 Å². The number of amides is 1. The number of nitrogens with zero attached hydrogens (tertiary/aromatic N) is 1. The first-order chi connectivity index (χ1) is 15.7. The van der Waals surface area contributed by atoms with Gasteiger partial charge in [-0.25, -0.2) is 8.42 Å². The number of halogens is 1. The minimum absolute atomic E-state index is 0.0262. The number of hydrogen-bond donors (Lipinski definition) is 1. The lowest BCUT2D eigenvalue weighted by Crippen LogP contribution is -2.37. The van der Waals surface area contributed by atoms with Gasteiger partial charge in [-0.3, -0.25) is 4.79 Å². The van der Waals surface area contributed by atoms with Gasteiger partial charge in [0, 0.05) is 17.6 Å². The number of rotatable bonds is 9. The molecular formula is C24H25ClN2O5S. The van der Waals surface area contributed by atoms with Crippen LogP contribution in [0.25, 0.3) is 0 Å². The Bertz CT molecular complexity index is 1210. The summed E-state index contributed by atoms with van der Waals surface area (Å²) in [7, 11) is -0.980. The normalized spacial score (nSPS) is 11.3. The van der Waals surface area contributed by atoms with Gasteiger partial charge in [-0.2, -0.15) is 4.31 Å². The van der Waals surface area contributed by atoms with Crippen molar-refractivity contribution in [2.24, 2.45) is 0 Å². The fourth-order valence-electron chi connectivity index (χ4n) is 3.13. The molecule has 0 saturated carbocycles. The van der Waals surface area contributed by atoms with Crippen molar-refractivity contribution in [3.8, 4) is 11.5 Å². The summed E-state index contributed by atoms with van der Waals surface area (Å²) in [5, 5.41) is 3.14. The van der Waals surface area contributed by atoms with Gasteiger partial charge in [0.25, 0.3) is 0 Å². The average molecular weight is 489 g/mol. The molecule has 0 saturated heterocycles. The molecule has 3 aromatic carbocycles. The number of hydrogen-bond acceptors (Lipinski definition) is 5. The highest BCUT2D eigenvalue weighted by atomic mass is 35.5. The largest absolute Gasteiger partial charge is 0.497 e. The summed E-state index contributed by atoms with van der Waals surface area (Å²) in [4.78, 5) is 12.9. The van der Waals surface area contributed by atoms with Crippen LogP contribution in [0.5, 0.6) is 11.5 Å². The number of methoxy groups -OCH3 is 2. The molecule has 0 heterocycles. The van der Waals surface area contributed by atoms with E-state index in [2.05, 4.69) is 5.32 Å². The number of anilines is 1. The number of aryl methyl sites for hydroxylation is 1. The summed E-state index contributed by atoms with van der Waals surface area (Å²) in [5.41, 5.74) is 2.21. The Morgan fingerprint density at radius 1 is 0.970 bits per heavy atom. The first-order valence-electron chi connectivity index (χ1n) is 10.1. The molecule has 0 atom stereocenters. The summed E-state index contributed by atoms with van der Waals surface area (Å²) < 4.78 is 38.4. The summed E-state index contributed by atoms with van der Waals surface area (Å²) >= 11 is 5.92. The molecule has 7 nitrogen and oxygen atoms in total. The minimum Gasteiger partial charge on any atom is -0.497 e. The zero-order chi connectivity index (χ0) is 24.0. The molecule has 1 N–H and O–H groups in total. The summed E-state index contributed by atoms with van der Waals surface area (Å²) in [6.45, 7) is 1.58. The Hall–Kier alpha value is -3.07. The third kappa shape index (κ3) is 6.25. The molecule has 0 aliphatic carbocycles. The Kier molecular flexibility index (Phi) is 7.97. The fraction of sp³-hybridized carbons (Fsp3) is 0.208. The summed E-state index contributed by atoms with van der Waals surface area (Å²) in [6.07, 6.45) is 0. The van der Waals surface area contributed by atoms with E-state index in [1.54, 1.807) is 18.2 Å². The third-order valence-corrected chi connectivity index (χ3v) is 6.99. The quantitative estimate of drug-likeness (QED) is 0.479. The second kappa shape index (κ2) is 10.7. The van der Waals surface area contributed by atoms with Crippen LogP contribution in [0.2, 0.25) is 5.02 Å². The van der Waals surface area contributed by atoms with E-state index in [0.717, 1.165) is 15.4 Å². The van der Waals surface area contributed by atoms with Crippen LogP contribution in [-0.4, -0.2) is 39.4 Å². The predicted molar refractivity (Wildman–Crippen MR) is 128 cm³/mol. The molecule has 33 heavy (non-hydrogen) atoms. The van der Waals surface area contributed by atoms with Crippen molar-refractivity contribution in [2.45, 2.75) is 18.4 Å². The number of ether oxygens (including phenoxy) is 2. The molecule has 3 aromatic rings. The van der Waals surface area contributed by atoms with Gasteiger partial charge in [-0.1, -0.05) is 41.4 Å². The second-order valence-electron chi connectivity index (χ2n) is 7.33. The molecule has 0 aliphatic heterocycles. The molecule has 0 fully saturated rings. The van der Waals surface area contributed by atoms with Crippen LogP contribution < -0.4 is 14.8 Å². The fourth-order valence-corrected chi connectivity index (χ4v) is 4.64. The van der Waals surface area contributed by atoms with Crippen molar-refractivity contribution in [1.82, 2.24) is 4.31 Å². The lowest BCUT2D eigenvalue weighted by molar-refractivity contribution is -0.116. The Morgan fingerprint density at radius 3 is 2.24 bits per heavy atom. The van der Waals surface area contributed by atoms with Crippen LogP contribution >= 0.6 is 11.6 Å². The molecule has 0 aliphatic rings. The second-order valence-corrected chi connectivity index (χ2v) is 9.70. The van der Waals surface area contributed by atoms with Crippen LogP contribution in [0.4, 0.5) is 5.69 Å². The molecule has 0 radical (unpaired) electrons. The molecular weight excluding hydrogens is 464 g/mol. The Balaban J connectivity index is 1.88. The smallest absolute Gasteiger partial charge is 0.243 e. The number of carbonyl (C=O) groups excluding carboxylic acids is 1. The molecule has 9 heteroatoms. The van der Waals surface area contributed by atoms with Crippen LogP contribution in [-0.2, 0) is 21.4 Å². The van der Waals surface area contributed by atoms with E-state index in [1.807, 2.05) is 31.2 Å². The van der Waals surface area contributed by atoms with Gasteiger partial charge < -0.3 is 14.8 Å². The van der Waals surface area contributed by atoms with Crippen molar-refractivity contribution in [1.29, 1.82) is 0 Å². The van der Waals surface area contributed by atoms with Gasteiger partial charge in [-0.05, 0) is 48.9 Å². The highest BCUT2D eigenvalue weighted by Gasteiger charge is 2.27. The van der Waals surface area contributed by atoms with Crippen LogP contribution in [0, 0.1) is 6.92 Å². The van der Waals surface area contributed by atoms with Gasteiger partial charge in [0.1, 0.15) is 11.5 Å². The van der Waals surface area contributed by atoms with Gasteiger partial charge in [0.15, 0.2) is 0 Å². The van der Waals surface area contributed by atoms with E-state index in [4.69, 9.17) is 21.1 Å². The van der Waals surface area contributed by atoms with Crippen molar-refractivity contribution in [3.05, 3.63) is 82.9 Å². The highest BCUT2D eigenvalue weighted by molar-refractivity contribution is 7.89. The zero-order valence-corrected chi connectivity index (χ0v) is 20.1. The van der Waals surface area contributed by atoms with E-state index in [9.17, 15) is 13.2 Å². The molecule has 3 rings (SSSR count). The minimum atomic E-state index is -3.98. The maximum atomic E-state index is 13.4. The van der Waals surface area contributed by atoms with Crippen molar-refractivity contribution >= 4 is 33.2 Å². The lowest BCUT2D eigenvalue weighted by atomic mass is 10.1. The molecule has 0 unspecified atom stereocenters. The highest BCUT2D eigenvalue weighted by Crippen LogP contribution is 2.29. The van der Waals surface area contributed by atoms with E-state index in [0.29, 0.717) is 22.2 Å². The maximum absolute atomic E-state index is 13.4. The van der Waals surface area contributed by atoms with Crippen LogP contribution in [0.1, 0.15) is 11.1 Å². The standard InChI is InChI=1S/C24H25ClN2O5S/c1-17-4-6-18(7-5-17)15-27(33(29,30)21-11-8-19(25)9-12-21)16-24(28)26-22-13-10-20(31-2)14-23(22)32-3/h4-14H,15-16H2,1-3H3,(H,26,28). The number of nitrogens with one attached hydrogen (secondary N) is 1. The van der Waals surface area contributed by atoms with Crippen molar-refractivity contribution in [2.75, 3.05) is 26.1 Å². The van der Waals surface area contributed by atoms with Crippen LogP contribution in [0.15, 0.2) is 71.6 Å². The van der Waals surface area contributed by atoms with Crippen molar-refractivity contribution in [3.63, 3.8) is 0 Å². The van der Waals surface area contributed by atoms with Crippen LogP contribution in [0.3, 0.4) is 0 Å². The average Bonchev–Trinajstić information content (AvgIpc) is 2.80. The number of sulfonamides is 1. The molecule has 0 bridgehead atoms. The summed E-state index contributed by atoms with van der Waals surface area (Å²) in [6, 6.07) is 18.2. The van der Waals surface area contributed by atoms with Gasteiger partial charge in [0.05, 0.1) is 31.3 Å². The molecule has 174 valence electrons. The van der Waals surface area contributed by atoms with E-state index in [1.165, 1.54) is 38.5 Å². The van der Waals surface area contributed by atoms with Gasteiger partial charge in [-0.15, -0.1) is 0 Å². The first-order valence-corrected chi connectivity index (χ1v) is 11.9. The predicted octanol–water partition coefficient (Wildman–Crippen LogP) is 4.50. The number of benzene rings is 3. The Labute approximate surface area is 198 Å². The molecule has 1 amide bonds. The van der Waals surface area contributed by atoms with E-state index in [-0.39, 0.29) is 11.4 Å². The summed E-state index contributed by atoms with van der Waals surface area (Å²) in [5.74, 6) is 0.452. The van der Waals surface area contributed by atoms with E-state index < -0.39 is 22.5 Å². The first kappa shape index (κ1) is 24.6. The SMILES string of the molecule is COc1ccc(NC(=O)CN(Cc2ccc(C)cc2)S(=O)(=O)c2ccc(Cl)cc2)c(OC)c1. The topological polar surface area (TPSA) is 84.9 Å². The zero-order valence-electron chi connectivity index (χ0n) is 18.5. The third-order valence-electron chi connectivity index (χ3n) is 4.93. The van der Waals surface area contributed by atoms with Gasteiger partial charge >= 0.3 is 0 Å². The monoisotopic (exact) mass is 488 g/mol. The lowest BCUT2D eigenvalue weighted by Gasteiger charge is -2.22. The molecule has 0 aromatic heterocycles. The van der Waals surface area contributed by atoms with Crippen molar-refractivity contribution < 1.29 is 22.7 Å².